The van der Waals surface area contributed by atoms with Crippen LogP contribution in [-0.2, 0) is 9.53 Å². The molecule has 0 bridgehead atoms. The van der Waals surface area contributed by atoms with Gasteiger partial charge in [0.2, 0.25) is 5.91 Å². The highest BCUT2D eigenvalue weighted by atomic mass is 16.5. The summed E-state index contributed by atoms with van der Waals surface area (Å²) in [6.07, 6.45) is 4.47. The Kier molecular flexibility index (Phi) is 5.60. The van der Waals surface area contributed by atoms with E-state index in [4.69, 9.17) is 4.74 Å². The van der Waals surface area contributed by atoms with E-state index in [1.54, 1.807) is 0 Å². The summed E-state index contributed by atoms with van der Waals surface area (Å²) in [4.78, 5) is 16.6. The van der Waals surface area contributed by atoms with Gasteiger partial charge in [0.15, 0.2) is 0 Å². The van der Waals surface area contributed by atoms with Crippen molar-refractivity contribution in [2.75, 3.05) is 39.5 Å². The van der Waals surface area contributed by atoms with Crippen LogP contribution in [0.25, 0.3) is 0 Å². The fourth-order valence-electron chi connectivity index (χ4n) is 3.10. The predicted octanol–water partition coefficient (Wildman–Crippen LogP) is 0.471. The number of carbonyl (C=O) groups is 1. The zero-order valence-corrected chi connectivity index (χ0v) is 11.9. The van der Waals surface area contributed by atoms with Crippen LogP contribution >= 0.6 is 0 Å². The van der Waals surface area contributed by atoms with Gasteiger partial charge in [-0.15, -0.1) is 0 Å². The predicted molar refractivity (Wildman–Crippen MR) is 72.9 cm³/mol. The number of nitrogens with zero attached hydrogens (tertiary/aromatic N) is 2. The second-order valence-corrected chi connectivity index (χ2v) is 5.54. The molecule has 1 N–H and O–H groups in total. The second-order valence-electron chi connectivity index (χ2n) is 5.54. The van der Waals surface area contributed by atoms with Crippen LogP contribution in [0.2, 0.25) is 0 Å². The van der Waals surface area contributed by atoms with Crippen molar-refractivity contribution in [2.45, 2.75) is 44.7 Å². The van der Waals surface area contributed by atoms with E-state index in [0.717, 1.165) is 25.8 Å². The lowest BCUT2D eigenvalue weighted by molar-refractivity contribution is -0.141. The van der Waals surface area contributed by atoms with Crippen LogP contribution < -0.4 is 0 Å². The smallest absolute Gasteiger partial charge is 0.239 e. The Bertz CT molecular complexity index is 292. The summed E-state index contributed by atoms with van der Waals surface area (Å²) >= 11 is 0. The summed E-state index contributed by atoms with van der Waals surface area (Å²) in [7, 11) is 0. The van der Waals surface area contributed by atoms with Crippen molar-refractivity contribution in [1.82, 2.24) is 9.80 Å². The topological polar surface area (TPSA) is 53.0 Å². The third-order valence-electron chi connectivity index (χ3n) is 4.31. The van der Waals surface area contributed by atoms with E-state index in [0.29, 0.717) is 26.3 Å². The van der Waals surface area contributed by atoms with E-state index in [2.05, 4.69) is 4.90 Å². The lowest BCUT2D eigenvalue weighted by atomic mass is 10.1. The van der Waals surface area contributed by atoms with Crippen LogP contribution in [0.4, 0.5) is 0 Å². The van der Waals surface area contributed by atoms with E-state index in [9.17, 15) is 9.90 Å². The van der Waals surface area contributed by atoms with Gasteiger partial charge in [0.25, 0.3) is 0 Å². The van der Waals surface area contributed by atoms with Gasteiger partial charge in [0, 0.05) is 19.1 Å². The summed E-state index contributed by atoms with van der Waals surface area (Å²) in [5.41, 5.74) is 0. The Morgan fingerprint density at radius 1 is 1.26 bits per heavy atom. The summed E-state index contributed by atoms with van der Waals surface area (Å²) in [5.74, 6) is 0.184. The largest absolute Gasteiger partial charge is 0.395 e. The lowest BCUT2D eigenvalue weighted by Gasteiger charge is -2.37. The molecule has 1 amide bonds. The molecule has 19 heavy (non-hydrogen) atoms. The number of hydrogen-bond donors (Lipinski definition) is 1. The summed E-state index contributed by atoms with van der Waals surface area (Å²) in [5, 5.41) is 9.54. The molecule has 2 aliphatic heterocycles. The summed E-state index contributed by atoms with van der Waals surface area (Å²) in [6.45, 7) is 5.72. The van der Waals surface area contributed by atoms with Crippen molar-refractivity contribution in [3.63, 3.8) is 0 Å². The van der Waals surface area contributed by atoms with Crippen LogP contribution in [0.3, 0.4) is 0 Å². The van der Waals surface area contributed by atoms with Gasteiger partial charge in [-0.25, -0.2) is 0 Å². The first-order valence-corrected chi connectivity index (χ1v) is 7.47. The van der Waals surface area contributed by atoms with E-state index in [1.807, 2.05) is 11.8 Å². The van der Waals surface area contributed by atoms with Gasteiger partial charge in [-0.05, 0) is 26.3 Å². The summed E-state index contributed by atoms with van der Waals surface area (Å²) in [6, 6.07) is 0.0100. The first kappa shape index (κ1) is 14.8. The molecule has 110 valence electrons. The fraction of sp³-hybridized carbons (Fsp3) is 0.929. The van der Waals surface area contributed by atoms with E-state index in [1.165, 1.54) is 6.42 Å². The Morgan fingerprint density at radius 2 is 2.00 bits per heavy atom. The zero-order chi connectivity index (χ0) is 13.7. The van der Waals surface area contributed by atoms with Gasteiger partial charge in [0.1, 0.15) is 0 Å². The number of morpholine rings is 1. The molecule has 0 radical (unpaired) electrons. The molecule has 0 aromatic rings. The average molecular weight is 270 g/mol. The van der Waals surface area contributed by atoms with Gasteiger partial charge >= 0.3 is 0 Å². The second kappa shape index (κ2) is 7.22. The maximum absolute atomic E-state index is 12.5. The third-order valence-corrected chi connectivity index (χ3v) is 4.31. The Morgan fingerprint density at radius 3 is 2.68 bits per heavy atom. The highest BCUT2D eigenvalue weighted by Crippen LogP contribution is 2.20. The molecule has 0 aromatic carbocycles. The van der Waals surface area contributed by atoms with Gasteiger partial charge in [-0.1, -0.05) is 12.8 Å². The van der Waals surface area contributed by atoms with Crippen LogP contribution in [0.5, 0.6) is 0 Å². The first-order valence-electron chi connectivity index (χ1n) is 7.47. The third kappa shape index (κ3) is 3.68. The Balaban J connectivity index is 1.98. The number of aliphatic hydroxyl groups excluding tert-OH is 1. The van der Waals surface area contributed by atoms with Crippen molar-refractivity contribution in [3.05, 3.63) is 0 Å². The highest BCUT2D eigenvalue weighted by Gasteiger charge is 2.31. The first-order chi connectivity index (χ1) is 9.24. The van der Waals surface area contributed by atoms with Crippen molar-refractivity contribution >= 4 is 5.91 Å². The standard InChI is InChI=1S/C14H26N2O3/c1-12(14(18)15-7-9-19-10-8-15)16-6-4-2-3-5-13(16)11-17/h12-13,17H,2-11H2,1H3. The van der Waals surface area contributed by atoms with E-state index < -0.39 is 0 Å². The number of rotatable bonds is 3. The van der Waals surface area contributed by atoms with Crippen LogP contribution in [-0.4, -0.2) is 72.4 Å². The quantitative estimate of drug-likeness (QED) is 0.810. The number of ether oxygens (including phenoxy) is 1. The van der Waals surface area contributed by atoms with E-state index in [-0.39, 0.29) is 24.6 Å². The molecular weight excluding hydrogens is 244 g/mol. The SMILES string of the molecule is CC(C(=O)N1CCOCC1)N1CCCCCC1CO. The molecule has 0 aliphatic carbocycles. The highest BCUT2D eigenvalue weighted by molar-refractivity contribution is 5.81. The number of likely N-dealkylation sites (tertiary alicyclic amines) is 1. The molecule has 2 aliphatic rings. The number of amides is 1. The van der Waals surface area contributed by atoms with Crippen molar-refractivity contribution in [1.29, 1.82) is 0 Å². The maximum atomic E-state index is 12.5. The molecule has 2 fully saturated rings. The number of carbonyl (C=O) groups excluding carboxylic acids is 1. The Hall–Kier alpha value is -0.650. The van der Waals surface area contributed by atoms with Crippen LogP contribution in [0, 0.1) is 0 Å². The fourth-order valence-corrected chi connectivity index (χ4v) is 3.10. The molecule has 0 aromatic heterocycles. The molecule has 5 nitrogen and oxygen atoms in total. The van der Waals surface area contributed by atoms with Gasteiger partial charge in [-0.2, -0.15) is 0 Å². The van der Waals surface area contributed by atoms with Gasteiger partial charge < -0.3 is 14.7 Å². The van der Waals surface area contributed by atoms with Gasteiger partial charge in [-0.3, -0.25) is 9.69 Å². The minimum atomic E-state index is -0.131. The molecule has 0 saturated carbocycles. The normalized spacial score (nSPS) is 27.9. The molecule has 2 saturated heterocycles. The minimum absolute atomic E-state index is 0.131. The number of aliphatic hydroxyl groups is 1. The zero-order valence-electron chi connectivity index (χ0n) is 11.9. The molecule has 2 atom stereocenters. The molecule has 5 heteroatoms. The molecule has 2 rings (SSSR count). The maximum Gasteiger partial charge on any atom is 0.239 e. The van der Waals surface area contributed by atoms with Crippen LogP contribution in [0.15, 0.2) is 0 Å². The van der Waals surface area contributed by atoms with Gasteiger partial charge in [0.05, 0.1) is 25.9 Å². The van der Waals surface area contributed by atoms with Crippen molar-refractivity contribution < 1.29 is 14.6 Å². The van der Waals surface area contributed by atoms with Crippen molar-refractivity contribution in [3.8, 4) is 0 Å². The lowest BCUT2D eigenvalue weighted by Crippen LogP contribution is -2.54. The number of hydrogen-bond acceptors (Lipinski definition) is 4. The monoisotopic (exact) mass is 270 g/mol. The minimum Gasteiger partial charge on any atom is -0.395 e. The molecule has 0 spiro atoms. The van der Waals surface area contributed by atoms with Crippen LogP contribution in [0.1, 0.15) is 32.6 Å². The van der Waals surface area contributed by atoms with Crippen molar-refractivity contribution in [2.24, 2.45) is 0 Å². The molecule has 2 unspecified atom stereocenters. The molecular formula is C14H26N2O3. The van der Waals surface area contributed by atoms with E-state index >= 15 is 0 Å². The summed E-state index contributed by atoms with van der Waals surface area (Å²) < 4.78 is 5.29. The molecule has 2 heterocycles. The Labute approximate surface area is 115 Å². The average Bonchev–Trinajstić information content (AvgIpc) is 2.71.